The number of amides is 1. The molecule has 2 heterocycles. The Morgan fingerprint density at radius 3 is 2.81 bits per heavy atom. The Labute approximate surface area is 125 Å². The molecule has 0 saturated carbocycles. The number of pyridine rings is 1. The van der Waals surface area contributed by atoms with E-state index in [0.29, 0.717) is 29.3 Å². The van der Waals surface area contributed by atoms with Gasteiger partial charge in [-0.3, -0.25) is 4.79 Å². The van der Waals surface area contributed by atoms with Crippen LogP contribution in [0.3, 0.4) is 0 Å². The molecule has 5 nitrogen and oxygen atoms in total. The second-order valence-electron chi connectivity index (χ2n) is 5.87. The fraction of sp³-hybridized carbons (Fsp3) is 0.500. The highest BCUT2D eigenvalue weighted by Crippen LogP contribution is 2.19. The lowest BCUT2D eigenvalue weighted by Crippen LogP contribution is -2.34. The van der Waals surface area contributed by atoms with Crippen molar-refractivity contribution in [1.82, 2.24) is 9.88 Å². The van der Waals surface area contributed by atoms with Gasteiger partial charge in [0.25, 0.3) is 5.91 Å². The molecule has 0 radical (unpaired) electrons. The van der Waals surface area contributed by atoms with Crippen molar-refractivity contribution in [2.75, 3.05) is 13.6 Å². The molecular formula is C16H23N3O2. The van der Waals surface area contributed by atoms with Crippen molar-refractivity contribution in [1.29, 1.82) is 0 Å². The van der Waals surface area contributed by atoms with Crippen LogP contribution in [0, 0.1) is 12.8 Å². The molecule has 2 aromatic rings. The maximum absolute atomic E-state index is 12.3. The number of hydrogen-bond donors (Lipinski definition) is 1. The van der Waals surface area contributed by atoms with Crippen LogP contribution in [0.25, 0.3) is 11.1 Å². The number of aromatic nitrogens is 1. The van der Waals surface area contributed by atoms with E-state index in [9.17, 15) is 4.79 Å². The number of nitrogens with two attached hydrogens (primary N) is 1. The molecule has 2 N–H and O–H groups in total. The number of carbonyl (C=O) groups excluding carboxylic acids is 1. The van der Waals surface area contributed by atoms with Crippen molar-refractivity contribution in [3.05, 3.63) is 29.7 Å². The van der Waals surface area contributed by atoms with Gasteiger partial charge in [0.15, 0.2) is 11.3 Å². The summed E-state index contributed by atoms with van der Waals surface area (Å²) in [5.74, 6) is 0.595. The topological polar surface area (TPSA) is 72.4 Å². The lowest BCUT2D eigenvalue weighted by molar-refractivity contribution is 0.0760. The number of hydrogen-bond acceptors (Lipinski definition) is 4. The van der Waals surface area contributed by atoms with Crippen molar-refractivity contribution in [3.8, 4) is 0 Å². The lowest BCUT2D eigenvalue weighted by atomic mass is 10.0. The Balaban J connectivity index is 2.07. The van der Waals surface area contributed by atoms with Gasteiger partial charge in [-0.2, -0.15) is 0 Å². The van der Waals surface area contributed by atoms with Gasteiger partial charge in [0, 0.05) is 31.4 Å². The normalized spacial score (nSPS) is 12.9. The molecule has 114 valence electrons. The summed E-state index contributed by atoms with van der Waals surface area (Å²) in [6.45, 7) is 6.69. The third kappa shape index (κ3) is 3.61. The third-order valence-electron chi connectivity index (χ3n) is 3.72. The van der Waals surface area contributed by atoms with Crippen LogP contribution in [-0.2, 0) is 0 Å². The van der Waals surface area contributed by atoms with E-state index in [4.69, 9.17) is 10.2 Å². The third-order valence-corrected chi connectivity index (χ3v) is 3.72. The minimum absolute atomic E-state index is 0.0974. The predicted molar refractivity (Wildman–Crippen MR) is 83.1 cm³/mol. The van der Waals surface area contributed by atoms with E-state index in [1.54, 1.807) is 18.0 Å². The van der Waals surface area contributed by atoms with Crippen LogP contribution >= 0.6 is 0 Å². The fourth-order valence-electron chi connectivity index (χ4n) is 2.10. The van der Waals surface area contributed by atoms with Gasteiger partial charge >= 0.3 is 0 Å². The molecule has 0 bridgehead atoms. The molecule has 5 heteroatoms. The first-order valence-corrected chi connectivity index (χ1v) is 7.26. The highest BCUT2D eigenvalue weighted by molar-refractivity contribution is 5.95. The molecule has 0 aliphatic heterocycles. The van der Waals surface area contributed by atoms with Gasteiger partial charge in [-0.15, -0.1) is 0 Å². The van der Waals surface area contributed by atoms with Gasteiger partial charge in [-0.25, -0.2) is 4.98 Å². The minimum atomic E-state index is -0.137. The van der Waals surface area contributed by atoms with E-state index in [0.717, 1.165) is 12.1 Å². The smallest absolute Gasteiger partial charge is 0.289 e. The van der Waals surface area contributed by atoms with Crippen molar-refractivity contribution in [2.45, 2.75) is 33.2 Å². The van der Waals surface area contributed by atoms with Crippen LogP contribution in [-0.4, -0.2) is 35.4 Å². The summed E-state index contributed by atoms with van der Waals surface area (Å²) in [7, 11) is 1.77. The molecule has 2 rings (SSSR count). The molecule has 0 aromatic carbocycles. The number of carbonyl (C=O) groups is 1. The Kier molecular flexibility index (Phi) is 4.63. The summed E-state index contributed by atoms with van der Waals surface area (Å²) < 4.78 is 5.58. The average molecular weight is 289 g/mol. The molecule has 0 aliphatic rings. The average Bonchev–Trinajstić information content (AvgIpc) is 2.86. The van der Waals surface area contributed by atoms with Gasteiger partial charge in [0.1, 0.15) is 5.52 Å². The largest absolute Gasteiger partial charge is 0.449 e. The van der Waals surface area contributed by atoms with Gasteiger partial charge < -0.3 is 15.1 Å². The summed E-state index contributed by atoms with van der Waals surface area (Å²) in [6, 6.07) is 5.50. The van der Waals surface area contributed by atoms with Crippen LogP contribution in [0.2, 0.25) is 0 Å². The lowest BCUT2D eigenvalue weighted by Gasteiger charge is -2.20. The maximum atomic E-state index is 12.3. The van der Waals surface area contributed by atoms with Crippen molar-refractivity contribution in [3.63, 3.8) is 0 Å². The molecule has 2 aromatic heterocycles. The SMILES string of the molecule is Cc1ccc2oc(C(=O)N(C)CCC(N)C(C)C)cc2n1. The van der Waals surface area contributed by atoms with E-state index in [1.165, 1.54) is 0 Å². The molecule has 0 spiro atoms. The Bertz CT molecular complexity index is 633. The summed E-state index contributed by atoms with van der Waals surface area (Å²) >= 11 is 0. The van der Waals surface area contributed by atoms with Gasteiger partial charge in [-0.1, -0.05) is 13.8 Å². The van der Waals surface area contributed by atoms with Crippen molar-refractivity contribution < 1.29 is 9.21 Å². The predicted octanol–water partition coefficient (Wildman–Crippen LogP) is 2.58. The molecule has 1 atom stereocenters. The van der Waals surface area contributed by atoms with E-state index in [2.05, 4.69) is 18.8 Å². The molecule has 21 heavy (non-hydrogen) atoms. The van der Waals surface area contributed by atoms with Gasteiger partial charge in [0.2, 0.25) is 0 Å². The van der Waals surface area contributed by atoms with Crippen molar-refractivity contribution >= 4 is 17.0 Å². The van der Waals surface area contributed by atoms with E-state index < -0.39 is 0 Å². The monoisotopic (exact) mass is 289 g/mol. The Morgan fingerprint density at radius 1 is 1.43 bits per heavy atom. The zero-order valence-electron chi connectivity index (χ0n) is 13.1. The first kappa shape index (κ1) is 15.5. The van der Waals surface area contributed by atoms with Crippen LogP contribution < -0.4 is 5.73 Å². The minimum Gasteiger partial charge on any atom is -0.449 e. The standard InChI is InChI=1S/C16H23N3O2/c1-10(2)12(17)7-8-19(4)16(20)15-9-13-14(21-15)6-5-11(3)18-13/h5-6,9-10,12H,7-8,17H2,1-4H3. The molecule has 0 saturated heterocycles. The summed E-state index contributed by atoms with van der Waals surface area (Å²) in [6.07, 6.45) is 0.775. The number of aryl methyl sites for hydroxylation is 1. The summed E-state index contributed by atoms with van der Waals surface area (Å²) in [5.41, 5.74) is 8.26. The zero-order chi connectivity index (χ0) is 15.6. The van der Waals surface area contributed by atoms with Crippen LogP contribution in [0.1, 0.15) is 36.5 Å². The first-order chi connectivity index (χ1) is 9.88. The summed E-state index contributed by atoms with van der Waals surface area (Å²) in [5, 5.41) is 0. The van der Waals surface area contributed by atoms with Crippen LogP contribution in [0.5, 0.6) is 0 Å². The zero-order valence-corrected chi connectivity index (χ0v) is 13.1. The molecular weight excluding hydrogens is 266 g/mol. The fourth-order valence-corrected chi connectivity index (χ4v) is 2.10. The summed E-state index contributed by atoms with van der Waals surface area (Å²) in [4.78, 5) is 18.3. The molecule has 1 amide bonds. The number of rotatable bonds is 5. The first-order valence-electron chi connectivity index (χ1n) is 7.26. The second-order valence-corrected chi connectivity index (χ2v) is 5.87. The second kappa shape index (κ2) is 6.26. The van der Waals surface area contributed by atoms with Crippen LogP contribution in [0.4, 0.5) is 0 Å². The Hall–Kier alpha value is -1.88. The molecule has 0 fully saturated rings. The highest BCUT2D eigenvalue weighted by atomic mass is 16.3. The molecule has 1 unspecified atom stereocenters. The van der Waals surface area contributed by atoms with Gasteiger partial charge in [0.05, 0.1) is 0 Å². The number of furan rings is 1. The van der Waals surface area contributed by atoms with E-state index in [1.807, 2.05) is 19.1 Å². The van der Waals surface area contributed by atoms with Gasteiger partial charge in [-0.05, 0) is 31.4 Å². The van der Waals surface area contributed by atoms with E-state index >= 15 is 0 Å². The Morgan fingerprint density at radius 2 is 2.14 bits per heavy atom. The maximum Gasteiger partial charge on any atom is 0.289 e. The van der Waals surface area contributed by atoms with Crippen LogP contribution in [0.15, 0.2) is 22.6 Å². The van der Waals surface area contributed by atoms with Crippen molar-refractivity contribution in [2.24, 2.45) is 11.7 Å². The number of fused-ring (bicyclic) bond motifs is 1. The molecule has 0 aliphatic carbocycles. The van der Waals surface area contributed by atoms with E-state index in [-0.39, 0.29) is 11.9 Å². The quantitative estimate of drug-likeness (QED) is 0.918. The number of nitrogens with zero attached hydrogens (tertiary/aromatic N) is 2. The highest BCUT2D eigenvalue weighted by Gasteiger charge is 2.18.